The van der Waals surface area contributed by atoms with Crippen molar-refractivity contribution in [2.45, 2.75) is 0 Å². The van der Waals surface area contributed by atoms with Crippen molar-refractivity contribution < 1.29 is 44.3 Å². The van der Waals surface area contributed by atoms with Crippen LogP contribution >= 0.6 is 7.92 Å². The molecule has 31 heavy (non-hydrogen) atoms. The van der Waals surface area contributed by atoms with E-state index in [9.17, 15) is 22.0 Å². The fourth-order valence-electron chi connectivity index (χ4n) is 2.81. The Balaban J connectivity index is 0.000000245. The van der Waals surface area contributed by atoms with Crippen molar-refractivity contribution in [1.82, 2.24) is 0 Å². The van der Waals surface area contributed by atoms with Gasteiger partial charge in [0.2, 0.25) is 0 Å². The van der Waals surface area contributed by atoms with Crippen LogP contribution in [0.5, 0.6) is 0 Å². The first kappa shape index (κ1) is 25.0. The minimum absolute atomic E-state index is 0. The Morgan fingerprint density at radius 3 is 1.03 bits per heavy atom. The molecule has 0 aromatic heterocycles. The third-order valence-corrected chi connectivity index (χ3v) is 6.91. The molecular weight excluding hydrogens is 611 g/mol. The van der Waals surface area contributed by atoms with E-state index < -0.39 is 37.0 Å². The van der Waals surface area contributed by atoms with Crippen molar-refractivity contribution in [1.29, 1.82) is 0 Å². The molecule has 0 N–H and O–H groups in total. The molecule has 0 aliphatic carbocycles. The van der Waals surface area contributed by atoms with Crippen molar-refractivity contribution >= 4 is 23.8 Å². The van der Waals surface area contributed by atoms with E-state index in [2.05, 4.69) is 91.0 Å². The zero-order chi connectivity index (χ0) is 21.5. The smallest absolute Gasteiger partial charge is 0.278 e. The van der Waals surface area contributed by atoms with E-state index in [4.69, 9.17) is 0 Å². The van der Waals surface area contributed by atoms with Crippen molar-refractivity contribution in [2.75, 3.05) is 0 Å². The third-order valence-electron chi connectivity index (χ3n) is 4.18. The molecule has 0 amide bonds. The summed E-state index contributed by atoms with van der Waals surface area (Å²) in [5.41, 5.74) is 0. The SMILES string of the molecule is Fc1[c-]c(F)c(F)c(F)c1F.[Au+].c1ccc([PH+](c2ccccc2)c2ccccc2)cc1. The summed E-state index contributed by atoms with van der Waals surface area (Å²) in [6, 6.07) is 33.5. The summed E-state index contributed by atoms with van der Waals surface area (Å²) in [7, 11) is -0.877. The molecule has 0 heterocycles. The van der Waals surface area contributed by atoms with E-state index in [0.717, 1.165) is 6.07 Å². The molecule has 0 atom stereocenters. The minimum Gasteiger partial charge on any atom is -0.278 e. The summed E-state index contributed by atoms with van der Waals surface area (Å²) in [6.45, 7) is 0. The second-order valence-corrected chi connectivity index (χ2v) is 8.65. The zero-order valence-electron chi connectivity index (χ0n) is 15.9. The Hall–Kier alpha value is -2.30. The van der Waals surface area contributed by atoms with Gasteiger partial charge in [-0.3, -0.25) is 8.78 Å². The summed E-state index contributed by atoms with van der Waals surface area (Å²) in [6.07, 6.45) is 0. The summed E-state index contributed by atoms with van der Waals surface area (Å²) < 4.78 is 59.9. The maximum Gasteiger partial charge on any atom is 1.00 e. The fourth-order valence-corrected chi connectivity index (χ4v) is 5.39. The Morgan fingerprint density at radius 2 is 0.742 bits per heavy atom. The van der Waals surface area contributed by atoms with E-state index in [1.54, 1.807) is 0 Å². The molecule has 0 nitrogen and oxygen atoms in total. The molecule has 0 unspecified atom stereocenters. The quantitative estimate of drug-likeness (QED) is 0.0718. The van der Waals surface area contributed by atoms with Crippen LogP contribution in [0.3, 0.4) is 0 Å². The average molecular weight is 627 g/mol. The van der Waals surface area contributed by atoms with Crippen LogP contribution in [0.25, 0.3) is 0 Å². The van der Waals surface area contributed by atoms with Crippen LogP contribution in [0.1, 0.15) is 0 Å². The molecule has 0 saturated heterocycles. The predicted octanol–water partition coefficient (Wildman–Crippen LogP) is 5.36. The molecule has 4 aromatic carbocycles. The van der Waals surface area contributed by atoms with E-state index in [0.29, 0.717) is 0 Å². The first-order chi connectivity index (χ1) is 14.5. The van der Waals surface area contributed by atoms with E-state index in [1.165, 1.54) is 15.9 Å². The topological polar surface area (TPSA) is 0 Å². The summed E-state index contributed by atoms with van der Waals surface area (Å²) in [5, 5.41) is 4.31. The predicted molar refractivity (Wildman–Crippen MR) is 112 cm³/mol. The summed E-state index contributed by atoms with van der Waals surface area (Å²) >= 11 is 0. The molecular formula is C24H16AuF5P+. The molecule has 4 aromatic rings. The Kier molecular flexibility index (Phi) is 9.60. The van der Waals surface area contributed by atoms with Crippen LogP contribution in [-0.2, 0) is 22.4 Å². The number of benzene rings is 4. The molecule has 0 radical (unpaired) electrons. The van der Waals surface area contributed by atoms with Gasteiger partial charge < -0.3 is 0 Å². The largest absolute Gasteiger partial charge is 1.00 e. The molecule has 162 valence electrons. The van der Waals surface area contributed by atoms with Crippen LogP contribution in [0, 0.1) is 35.2 Å². The molecule has 0 bridgehead atoms. The van der Waals surface area contributed by atoms with E-state index >= 15 is 0 Å². The van der Waals surface area contributed by atoms with Crippen LogP contribution in [0.4, 0.5) is 22.0 Å². The van der Waals surface area contributed by atoms with Crippen LogP contribution in [0.15, 0.2) is 91.0 Å². The fraction of sp³-hybridized carbons (Fsp3) is 0. The van der Waals surface area contributed by atoms with Gasteiger partial charge in [-0.15, -0.1) is 6.07 Å². The molecule has 0 spiro atoms. The van der Waals surface area contributed by atoms with Crippen LogP contribution in [-0.4, -0.2) is 0 Å². The van der Waals surface area contributed by atoms with Gasteiger partial charge in [0.15, 0.2) is 0 Å². The van der Waals surface area contributed by atoms with Gasteiger partial charge >= 0.3 is 22.4 Å². The molecule has 0 aliphatic rings. The summed E-state index contributed by atoms with van der Waals surface area (Å²) in [5.74, 6) is -10.0. The van der Waals surface area contributed by atoms with Gasteiger partial charge in [-0.25, -0.2) is 13.2 Å². The maximum atomic E-state index is 12.0. The Labute approximate surface area is 194 Å². The second-order valence-electron chi connectivity index (χ2n) is 6.17. The average Bonchev–Trinajstić information content (AvgIpc) is 2.79. The zero-order valence-corrected chi connectivity index (χ0v) is 19.0. The monoisotopic (exact) mass is 627 g/mol. The van der Waals surface area contributed by atoms with E-state index in [-0.39, 0.29) is 22.4 Å². The molecule has 0 saturated carbocycles. The van der Waals surface area contributed by atoms with Gasteiger partial charge in [-0.2, -0.15) is 0 Å². The third kappa shape index (κ3) is 6.34. The van der Waals surface area contributed by atoms with Gasteiger partial charge in [-0.1, -0.05) is 54.6 Å². The van der Waals surface area contributed by atoms with Crippen molar-refractivity contribution in [2.24, 2.45) is 0 Å². The van der Waals surface area contributed by atoms with Crippen molar-refractivity contribution in [3.05, 3.63) is 126 Å². The van der Waals surface area contributed by atoms with Gasteiger partial charge in [0.1, 0.15) is 15.9 Å². The number of rotatable bonds is 3. The molecule has 7 heteroatoms. The Bertz CT molecular complexity index is 973. The van der Waals surface area contributed by atoms with Crippen LogP contribution < -0.4 is 15.9 Å². The number of hydrogen-bond acceptors (Lipinski definition) is 0. The number of halogens is 5. The second kappa shape index (κ2) is 11.9. The molecule has 4 rings (SSSR count). The standard InChI is InChI=1S/C18H15P.C6F5.Au/c1-4-10-16(11-5-1)19(17-12-6-2-7-13-17)18-14-8-3-9-15-18;7-2-1-3(8)5(10)6(11)4(2)9;/h1-15H;;/q;-1;+1/p+1. The van der Waals surface area contributed by atoms with Gasteiger partial charge in [0.25, 0.3) is 0 Å². The Morgan fingerprint density at radius 1 is 0.452 bits per heavy atom. The first-order valence-corrected chi connectivity index (χ1v) is 10.4. The van der Waals surface area contributed by atoms with Gasteiger partial charge in [-0.05, 0) is 36.4 Å². The van der Waals surface area contributed by atoms with Crippen molar-refractivity contribution in [3.8, 4) is 0 Å². The normalized spacial score (nSPS) is 10.1. The molecule has 0 fully saturated rings. The van der Waals surface area contributed by atoms with E-state index in [1.807, 2.05) is 0 Å². The van der Waals surface area contributed by atoms with Gasteiger partial charge in [0.05, 0.1) is 37.0 Å². The summed E-state index contributed by atoms with van der Waals surface area (Å²) in [4.78, 5) is 0. The first-order valence-electron chi connectivity index (χ1n) is 8.93. The number of hydrogen-bond donors (Lipinski definition) is 0. The van der Waals surface area contributed by atoms with Crippen LogP contribution in [0.2, 0.25) is 0 Å². The van der Waals surface area contributed by atoms with Gasteiger partial charge in [0, 0.05) is 0 Å². The molecule has 0 aliphatic heterocycles. The van der Waals surface area contributed by atoms with Crippen molar-refractivity contribution in [3.63, 3.8) is 0 Å². The maximum absolute atomic E-state index is 12.0. The minimum atomic E-state index is -2.17.